The molecule has 0 radical (unpaired) electrons. The molecule has 0 aliphatic carbocycles. The van der Waals surface area contributed by atoms with Gasteiger partial charge in [-0.25, -0.2) is 21.9 Å². The van der Waals surface area contributed by atoms with E-state index in [2.05, 4.69) is 4.98 Å². The molecule has 9 heteroatoms. The fourth-order valence-corrected chi connectivity index (χ4v) is 3.89. The predicted molar refractivity (Wildman–Crippen MR) is 92.1 cm³/mol. The quantitative estimate of drug-likeness (QED) is 0.734. The Hall–Kier alpha value is -2.58. The highest BCUT2D eigenvalue weighted by atomic mass is 35.5. The first-order valence-electron chi connectivity index (χ1n) is 7.30. The highest BCUT2D eigenvalue weighted by molar-refractivity contribution is 7.90. The van der Waals surface area contributed by atoms with Crippen molar-refractivity contribution in [3.63, 3.8) is 0 Å². The van der Waals surface area contributed by atoms with Crippen LogP contribution in [0, 0.1) is 11.6 Å². The third-order valence-corrected chi connectivity index (χ3v) is 5.13. The number of fused-ring (bicyclic) bond motifs is 1. The molecular formula is C17H11ClF2N2O3S. The molecule has 0 unspecified atom stereocenters. The number of sulfonamides is 1. The van der Waals surface area contributed by atoms with Gasteiger partial charge in [0, 0.05) is 16.6 Å². The second kappa shape index (κ2) is 6.97. The number of carbonyl (C=O) groups is 1. The number of carbonyl (C=O) groups excluding carboxylic acids is 1. The zero-order valence-corrected chi connectivity index (χ0v) is 14.6. The molecule has 0 atom stereocenters. The number of hydrogen-bond acceptors (Lipinski definition) is 4. The van der Waals surface area contributed by atoms with Crippen LogP contribution >= 0.6 is 11.6 Å². The highest BCUT2D eigenvalue weighted by Crippen LogP contribution is 2.25. The summed E-state index contributed by atoms with van der Waals surface area (Å²) in [6.07, 6.45) is 0.973. The molecule has 26 heavy (non-hydrogen) atoms. The Balaban J connectivity index is 1.89. The fourth-order valence-electron chi connectivity index (χ4n) is 2.40. The van der Waals surface area contributed by atoms with Crippen molar-refractivity contribution < 1.29 is 22.0 Å². The van der Waals surface area contributed by atoms with Crippen molar-refractivity contribution in [2.24, 2.45) is 0 Å². The summed E-state index contributed by atoms with van der Waals surface area (Å²) < 4.78 is 53.1. The van der Waals surface area contributed by atoms with Crippen LogP contribution in [0.5, 0.6) is 0 Å². The molecule has 0 fully saturated rings. The molecule has 1 amide bonds. The molecule has 0 bridgehead atoms. The van der Waals surface area contributed by atoms with Gasteiger partial charge >= 0.3 is 0 Å². The summed E-state index contributed by atoms with van der Waals surface area (Å²) in [5.41, 5.74) is 0.288. The van der Waals surface area contributed by atoms with E-state index in [9.17, 15) is 22.0 Å². The Morgan fingerprint density at radius 1 is 1.12 bits per heavy atom. The minimum absolute atomic E-state index is 0.130. The second-order valence-corrected chi connectivity index (χ2v) is 7.52. The topological polar surface area (TPSA) is 76.1 Å². The molecule has 3 rings (SSSR count). The van der Waals surface area contributed by atoms with Crippen LogP contribution in [0.1, 0.15) is 5.56 Å². The normalized spacial score (nSPS) is 11.5. The number of rotatable bonds is 4. The summed E-state index contributed by atoms with van der Waals surface area (Å²) in [6.45, 7) is 0. The van der Waals surface area contributed by atoms with E-state index in [0.717, 1.165) is 12.1 Å². The lowest BCUT2D eigenvalue weighted by atomic mass is 10.1. The lowest BCUT2D eigenvalue weighted by Crippen LogP contribution is -2.32. The van der Waals surface area contributed by atoms with E-state index in [1.807, 2.05) is 4.72 Å². The van der Waals surface area contributed by atoms with Gasteiger partial charge in [-0.05, 0) is 35.9 Å². The van der Waals surface area contributed by atoms with Crippen molar-refractivity contribution >= 4 is 38.4 Å². The van der Waals surface area contributed by atoms with Gasteiger partial charge < -0.3 is 0 Å². The number of hydrogen-bond donors (Lipinski definition) is 1. The molecule has 1 N–H and O–H groups in total. The molecule has 134 valence electrons. The van der Waals surface area contributed by atoms with E-state index in [4.69, 9.17) is 11.6 Å². The molecule has 1 heterocycles. The van der Waals surface area contributed by atoms with Crippen LogP contribution in [0.4, 0.5) is 8.78 Å². The molecule has 0 spiro atoms. The number of aromatic nitrogens is 1. The Kier molecular flexibility index (Phi) is 4.88. The molecule has 0 saturated heterocycles. The maximum atomic E-state index is 13.2. The number of benzene rings is 2. The largest absolute Gasteiger partial charge is 0.274 e. The van der Waals surface area contributed by atoms with Gasteiger partial charge in [-0.1, -0.05) is 23.7 Å². The van der Waals surface area contributed by atoms with E-state index >= 15 is 0 Å². The molecule has 2 aromatic carbocycles. The van der Waals surface area contributed by atoms with E-state index < -0.39 is 34.0 Å². The Bertz CT molecular complexity index is 1120. The number of nitrogens with zero attached hydrogens (tertiary/aromatic N) is 1. The van der Waals surface area contributed by atoms with Crippen molar-refractivity contribution in [1.29, 1.82) is 0 Å². The molecule has 3 aromatic rings. The first kappa shape index (κ1) is 18.2. The van der Waals surface area contributed by atoms with Crippen molar-refractivity contribution in [3.8, 4) is 0 Å². The summed E-state index contributed by atoms with van der Waals surface area (Å²) in [5.74, 6) is -3.08. The lowest BCUT2D eigenvalue weighted by molar-refractivity contribution is -0.118. The van der Waals surface area contributed by atoms with Crippen LogP contribution in [-0.2, 0) is 21.2 Å². The van der Waals surface area contributed by atoms with Gasteiger partial charge in [0.2, 0.25) is 5.91 Å². The molecular weight excluding hydrogens is 386 g/mol. The van der Waals surface area contributed by atoms with Crippen LogP contribution in [0.2, 0.25) is 5.02 Å². The average molecular weight is 397 g/mol. The molecule has 0 aliphatic rings. The second-order valence-electron chi connectivity index (χ2n) is 5.43. The number of pyridine rings is 1. The fraction of sp³-hybridized carbons (Fsp3) is 0.0588. The minimum atomic E-state index is -4.26. The lowest BCUT2D eigenvalue weighted by Gasteiger charge is -2.10. The third-order valence-electron chi connectivity index (χ3n) is 3.52. The summed E-state index contributed by atoms with van der Waals surface area (Å²) in [6, 6.07) is 8.88. The minimum Gasteiger partial charge on any atom is -0.274 e. The summed E-state index contributed by atoms with van der Waals surface area (Å²) >= 11 is 5.95. The number of amides is 1. The monoisotopic (exact) mass is 396 g/mol. The van der Waals surface area contributed by atoms with E-state index in [-0.39, 0.29) is 21.0 Å². The first-order chi connectivity index (χ1) is 12.3. The van der Waals surface area contributed by atoms with Crippen molar-refractivity contribution in [3.05, 3.63) is 70.9 Å². The van der Waals surface area contributed by atoms with E-state index in [0.29, 0.717) is 5.39 Å². The smallest absolute Gasteiger partial charge is 0.266 e. The van der Waals surface area contributed by atoms with Crippen LogP contribution in [0.25, 0.3) is 10.9 Å². The Morgan fingerprint density at radius 3 is 2.62 bits per heavy atom. The Morgan fingerprint density at radius 2 is 1.88 bits per heavy atom. The maximum absolute atomic E-state index is 13.2. The molecule has 0 saturated carbocycles. The van der Waals surface area contributed by atoms with E-state index in [1.165, 1.54) is 18.3 Å². The van der Waals surface area contributed by atoms with Gasteiger partial charge in [-0.3, -0.25) is 9.78 Å². The van der Waals surface area contributed by atoms with Gasteiger partial charge in [0.25, 0.3) is 10.0 Å². The predicted octanol–water partition coefficient (Wildman–Crippen LogP) is 3.21. The van der Waals surface area contributed by atoms with Gasteiger partial charge in [-0.15, -0.1) is 0 Å². The average Bonchev–Trinajstić information content (AvgIpc) is 2.56. The van der Waals surface area contributed by atoms with Crippen LogP contribution in [0.15, 0.2) is 53.6 Å². The molecule has 1 aromatic heterocycles. The molecule has 5 nitrogen and oxygen atoms in total. The zero-order valence-electron chi connectivity index (χ0n) is 13.0. The number of nitrogens with one attached hydrogen (secondary N) is 1. The van der Waals surface area contributed by atoms with Gasteiger partial charge in [0.05, 0.1) is 11.9 Å². The van der Waals surface area contributed by atoms with Gasteiger partial charge in [-0.2, -0.15) is 0 Å². The standard InChI is InChI=1S/C17H11ClF2N2O3S/c18-12-8-11-2-1-5-21-17(11)15(9-12)26(24,25)22-16(23)7-10-3-4-13(19)14(20)6-10/h1-6,8-9H,7H2,(H,22,23). The first-order valence-corrected chi connectivity index (χ1v) is 9.16. The van der Waals surface area contributed by atoms with Crippen LogP contribution in [0.3, 0.4) is 0 Å². The SMILES string of the molecule is O=C(Cc1ccc(F)c(F)c1)NS(=O)(=O)c1cc(Cl)cc2cccnc12. The van der Waals surface area contributed by atoms with E-state index in [1.54, 1.807) is 18.2 Å². The van der Waals surface area contributed by atoms with Gasteiger partial charge in [0.15, 0.2) is 11.6 Å². The summed E-state index contributed by atoms with van der Waals surface area (Å²) in [5, 5.41) is 0.660. The highest BCUT2D eigenvalue weighted by Gasteiger charge is 2.22. The maximum Gasteiger partial charge on any atom is 0.266 e. The van der Waals surface area contributed by atoms with Crippen LogP contribution < -0.4 is 4.72 Å². The van der Waals surface area contributed by atoms with Crippen molar-refractivity contribution in [2.75, 3.05) is 0 Å². The van der Waals surface area contributed by atoms with Gasteiger partial charge in [0.1, 0.15) is 4.90 Å². The molecule has 0 aliphatic heterocycles. The Labute approximate surface area is 152 Å². The summed E-state index contributed by atoms with van der Waals surface area (Å²) in [4.78, 5) is 15.8. The van der Waals surface area contributed by atoms with Crippen molar-refractivity contribution in [1.82, 2.24) is 9.71 Å². The third kappa shape index (κ3) is 3.81. The van der Waals surface area contributed by atoms with Crippen LogP contribution in [-0.4, -0.2) is 19.3 Å². The summed E-state index contributed by atoms with van der Waals surface area (Å²) in [7, 11) is -4.26. The number of halogens is 3. The van der Waals surface area contributed by atoms with Crippen molar-refractivity contribution in [2.45, 2.75) is 11.3 Å². The zero-order chi connectivity index (χ0) is 18.9.